The summed E-state index contributed by atoms with van der Waals surface area (Å²) >= 11 is 2.00. The molecule has 1 aliphatic heterocycles. The molecule has 2 aliphatic rings. The van der Waals surface area contributed by atoms with Crippen LogP contribution in [0, 0.1) is 0 Å². The highest BCUT2D eigenvalue weighted by Crippen LogP contribution is 2.60. The van der Waals surface area contributed by atoms with Crippen molar-refractivity contribution in [2.75, 3.05) is 7.11 Å². The smallest absolute Gasteiger partial charge is 0.305 e. The average Bonchev–Trinajstić information content (AvgIpc) is 3.33. The van der Waals surface area contributed by atoms with Crippen LogP contribution in [0.1, 0.15) is 58.3 Å². The highest BCUT2D eigenvalue weighted by molar-refractivity contribution is 14.1. The van der Waals surface area contributed by atoms with E-state index in [-0.39, 0.29) is 11.8 Å². The number of Topliss-reactive ketones (excluding diaryl/α,β-unsaturated/α-hetero) is 1. The van der Waals surface area contributed by atoms with E-state index in [0.29, 0.717) is 31.3 Å². The second-order valence-electron chi connectivity index (χ2n) is 7.04. The normalized spacial score (nSPS) is 31.2. The number of hydrogen-bond donors (Lipinski definition) is 1. The molecule has 5 nitrogen and oxygen atoms in total. The Morgan fingerprint density at radius 3 is 2.70 bits per heavy atom. The molecule has 0 spiro atoms. The van der Waals surface area contributed by atoms with Gasteiger partial charge in [-0.25, -0.2) is 0 Å². The van der Waals surface area contributed by atoms with E-state index in [1.807, 2.05) is 34.7 Å². The third-order valence-electron chi connectivity index (χ3n) is 4.97. The molecule has 1 heterocycles. The first kappa shape index (κ1) is 22.3. The molecule has 0 aromatic rings. The summed E-state index contributed by atoms with van der Waals surface area (Å²) in [6, 6.07) is 0. The van der Waals surface area contributed by atoms with Gasteiger partial charge in [0.2, 0.25) is 9.39 Å². The molecule has 1 saturated heterocycles. The molecule has 0 aromatic heterocycles. The average molecular weight is 488 g/mol. The molecule has 2 fully saturated rings. The van der Waals surface area contributed by atoms with Gasteiger partial charge in [-0.1, -0.05) is 50.1 Å². The third kappa shape index (κ3) is 5.29. The van der Waals surface area contributed by atoms with Crippen LogP contribution in [0.4, 0.5) is 0 Å². The number of halogens is 1. The van der Waals surface area contributed by atoms with Crippen molar-refractivity contribution in [3.05, 3.63) is 36.0 Å². The van der Waals surface area contributed by atoms with Gasteiger partial charge in [0.05, 0.1) is 7.11 Å². The first-order chi connectivity index (χ1) is 12.9. The molecule has 0 unspecified atom stereocenters. The van der Waals surface area contributed by atoms with Crippen molar-refractivity contribution < 1.29 is 24.2 Å². The zero-order chi connectivity index (χ0) is 19.9. The summed E-state index contributed by atoms with van der Waals surface area (Å²) in [5.74, 6) is -0.369. The number of rotatable bonds is 11. The topological polar surface area (TPSA) is 76.1 Å². The number of methoxy groups -OCH3 is 1. The van der Waals surface area contributed by atoms with Gasteiger partial charge in [-0.3, -0.25) is 9.59 Å². The number of unbranched alkanes of at least 4 members (excludes halogenated alkanes) is 4. The van der Waals surface area contributed by atoms with Crippen molar-refractivity contribution in [2.45, 2.75) is 73.6 Å². The van der Waals surface area contributed by atoms with Gasteiger partial charge in [-0.05, 0) is 48.3 Å². The lowest BCUT2D eigenvalue weighted by molar-refractivity contribution is -0.140. The number of esters is 1. The minimum absolute atomic E-state index is 0.144. The number of aliphatic hydroxyl groups is 1. The predicted molar refractivity (Wildman–Crippen MR) is 113 cm³/mol. The second kappa shape index (κ2) is 9.98. The summed E-state index contributed by atoms with van der Waals surface area (Å²) in [6.07, 6.45) is 15.6. The Bertz CT molecular complexity index is 638. The second-order valence-corrected chi connectivity index (χ2v) is 8.65. The number of hydrogen-bond acceptors (Lipinski definition) is 5. The van der Waals surface area contributed by atoms with Crippen LogP contribution in [0.5, 0.6) is 0 Å². The molecule has 1 saturated carbocycles. The summed E-state index contributed by atoms with van der Waals surface area (Å²) < 4.78 is 9.21. The number of carbonyl (C=O) groups is 2. The van der Waals surface area contributed by atoms with Crippen molar-refractivity contribution in [1.82, 2.24) is 0 Å². The van der Waals surface area contributed by atoms with Crippen molar-refractivity contribution >= 4 is 34.3 Å². The minimum Gasteiger partial charge on any atom is -0.469 e. The molecule has 3 atom stereocenters. The van der Waals surface area contributed by atoms with E-state index in [0.717, 1.165) is 12.8 Å². The Hall–Kier alpha value is -0.990. The van der Waals surface area contributed by atoms with Gasteiger partial charge in [0.1, 0.15) is 11.7 Å². The van der Waals surface area contributed by atoms with Crippen LogP contribution in [0.15, 0.2) is 36.0 Å². The maximum absolute atomic E-state index is 12.6. The van der Waals surface area contributed by atoms with Crippen molar-refractivity contribution in [2.24, 2.45) is 0 Å². The summed E-state index contributed by atoms with van der Waals surface area (Å²) in [5, 5.41) is 11.1. The van der Waals surface area contributed by atoms with Gasteiger partial charge in [-0.15, -0.1) is 0 Å². The summed E-state index contributed by atoms with van der Waals surface area (Å²) in [4.78, 5) is 23.7. The Morgan fingerprint density at radius 2 is 2.00 bits per heavy atom. The highest BCUT2D eigenvalue weighted by atomic mass is 127. The Labute approximate surface area is 175 Å². The van der Waals surface area contributed by atoms with Gasteiger partial charge in [0.25, 0.3) is 0 Å². The zero-order valence-corrected chi connectivity index (χ0v) is 18.2. The molecule has 1 N–H and O–H groups in total. The molecule has 0 radical (unpaired) electrons. The van der Waals surface area contributed by atoms with E-state index in [4.69, 9.17) is 4.74 Å². The molecular weight excluding hydrogens is 459 g/mol. The van der Waals surface area contributed by atoms with Crippen LogP contribution in [0.3, 0.4) is 0 Å². The molecule has 6 heteroatoms. The fourth-order valence-electron chi connectivity index (χ4n) is 3.29. The number of carbonyl (C=O) groups excluding carboxylic acids is 2. The van der Waals surface area contributed by atoms with Crippen molar-refractivity contribution in [3.8, 4) is 0 Å². The molecule has 150 valence electrons. The standard InChI is InChI=1S/C21H29IO5/c1-3-4-5-6-9-12-15-20(25)16(18(24)21(22)19(20)27-21)13-10-7-8-11-14-17(23)26-2/h7,9-10,12-13,19,25H,3-6,8,11,14-15H2,1-2H3/b10-7+,12-9-,16-13-/t19-,20-,21-/m0/s1. The molecule has 0 aromatic carbocycles. The van der Waals surface area contributed by atoms with Crippen LogP contribution in [0.25, 0.3) is 0 Å². The van der Waals surface area contributed by atoms with E-state index >= 15 is 0 Å². The Morgan fingerprint density at radius 1 is 1.26 bits per heavy atom. The zero-order valence-electron chi connectivity index (χ0n) is 16.1. The SMILES string of the molecule is CCCCC/C=C\C[C@]1(O)/C(=C\C=C\CCCC(=O)OC)C(=O)[C@]2(I)O[C@H]21. The van der Waals surface area contributed by atoms with E-state index in [1.165, 1.54) is 20.0 Å². The predicted octanol–water partition coefficient (Wildman–Crippen LogP) is 4.18. The van der Waals surface area contributed by atoms with Gasteiger partial charge in [0, 0.05) is 18.4 Å². The fourth-order valence-corrected chi connectivity index (χ4v) is 4.35. The van der Waals surface area contributed by atoms with E-state index in [9.17, 15) is 14.7 Å². The number of epoxide rings is 1. The van der Waals surface area contributed by atoms with E-state index in [2.05, 4.69) is 17.7 Å². The number of ether oxygens (including phenoxy) is 2. The first-order valence-electron chi connectivity index (χ1n) is 9.63. The fraction of sp³-hybridized carbons (Fsp3) is 0.619. The van der Waals surface area contributed by atoms with Crippen LogP contribution in [0.2, 0.25) is 0 Å². The molecule has 1 aliphatic carbocycles. The van der Waals surface area contributed by atoms with Crippen LogP contribution < -0.4 is 0 Å². The lowest BCUT2D eigenvalue weighted by atomic mass is 9.90. The van der Waals surface area contributed by atoms with Crippen LogP contribution in [-0.2, 0) is 19.1 Å². The number of alkyl halides is 1. The first-order valence-corrected chi connectivity index (χ1v) is 10.7. The maximum atomic E-state index is 12.6. The molecule has 0 bridgehead atoms. The largest absolute Gasteiger partial charge is 0.469 e. The monoisotopic (exact) mass is 488 g/mol. The van der Waals surface area contributed by atoms with Crippen molar-refractivity contribution in [3.63, 3.8) is 0 Å². The quantitative estimate of drug-likeness (QED) is 0.0899. The van der Waals surface area contributed by atoms with Gasteiger partial charge < -0.3 is 14.6 Å². The van der Waals surface area contributed by atoms with Crippen LogP contribution >= 0.6 is 22.6 Å². The van der Waals surface area contributed by atoms with E-state index in [1.54, 1.807) is 12.2 Å². The van der Waals surface area contributed by atoms with Crippen molar-refractivity contribution in [1.29, 1.82) is 0 Å². The number of fused-ring (bicyclic) bond motifs is 1. The summed E-state index contributed by atoms with van der Waals surface area (Å²) in [7, 11) is 1.38. The lowest BCUT2D eigenvalue weighted by Crippen LogP contribution is -2.35. The summed E-state index contributed by atoms with van der Waals surface area (Å²) in [6.45, 7) is 2.17. The van der Waals surface area contributed by atoms with Gasteiger partial charge in [0.15, 0.2) is 0 Å². The molecular formula is C21H29IO5. The lowest BCUT2D eigenvalue weighted by Gasteiger charge is -2.23. The van der Waals surface area contributed by atoms with Crippen LogP contribution in [-0.4, -0.2) is 39.3 Å². The third-order valence-corrected chi connectivity index (χ3v) is 6.28. The number of ketones is 1. The molecule has 27 heavy (non-hydrogen) atoms. The van der Waals surface area contributed by atoms with Gasteiger partial charge in [-0.2, -0.15) is 0 Å². The number of allylic oxidation sites excluding steroid dienone is 4. The Balaban J connectivity index is 1.95. The Kier molecular flexibility index (Phi) is 8.24. The molecule has 0 amide bonds. The minimum atomic E-state index is -1.27. The highest BCUT2D eigenvalue weighted by Gasteiger charge is 2.77. The summed E-state index contributed by atoms with van der Waals surface area (Å²) in [5.41, 5.74) is -0.855. The van der Waals surface area contributed by atoms with Gasteiger partial charge >= 0.3 is 5.97 Å². The molecule has 2 rings (SSSR count). The maximum Gasteiger partial charge on any atom is 0.305 e. The van der Waals surface area contributed by atoms with E-state index < -0.39 is 15.3 Å².